The average molecular weight is 607 g/mol. The first kappa shape index (κ1) is 30.2. The van der Waals surface area contributed by atoms with Gasteiger partial charge in [-0.1, -0.05) is 43.0 Å². The highest BCUT2D eigenvalue weighted by Gasteiger charge is 2.46. The van der Waals surface area contributed by atoms with Crippen LogP contribution in [-0.2, 0) is 22.2 Å². The number of halogens is 4. The van der Waals surface area contributed by atoms with Crippen molar-refractivity contribution in [3.05, 3.63) is 125 Å². The van der Waals surface area contributed by atoms with Crippen molar-refractivity contribution in [1.82, 2.24) is 15.1 Å². The maximum absolute atomic E-state index is 14.2. The van der Waals surface area contributed by atoms with Crippen LogP contribution in [0.1, 0.15) is 45.6 Å². The van der Waals surface area contributed by atoms with Crippen LogP contribution in [0.4, 0.5) is 23.4 Å². The summed E-state index contributed by atoms with van der Waals surface area (Å²) in [5.41, 5.74) is 0.0406. The number of carbonyl (C=O) groups is 3. The van der Waals surface area contributed by atoms with E-state index in [4.69, 9.17) is 5.10 Å². The van der Waals surface area contributed by atoms with Crippen molar-refractivity contribution in [2.24, 2.45) is 0 Å². The Balaban J connectivity index is 1.72. The number of fused-ring (bicyclic) bond motifs is 1. The van der Waals surface area contributed by atoms with Crippen LogP contribution in [0.2, 0.25) is 0 Å². The average Bonchev–Trinajstić information content (AvgIpc) is 3.36. The number of para-hydroxylation sites is 1. The fourth-order valence-corrected chi connectivity index (χ4v) is 5.32. The summed E-state index contributed by atoms with van der Waals surface area (Å²) in [6.45, 7) is 5.44. The lowest BCUT2D eigenvalue weighted by atomic mass is 9.80. The molecule has 8 nitrogen and oxygen atoms in total. The van der Waals surface area contributed by atoms with Gasteiger partial charge in [0.05, 0.1) is 16.9 Å². The van der Waals surface area contributed by atoms with Crippen LogP contribution in [0.25, 0.3) is 5.69 Å². The van der Waals surface area contributed by atoms with Crippen molar-refractivity contribution in [3.63, 3.8) is 0 Å². The monoisotopic (exact) mass is 606 g/mol. The van der Waals surface area contributed by atoms with Crippen LogP contribution in [-0.4, -0.2) is 45.3 Å². The molecule has 1 aliphatic rings. The Morgan fingerprint density at radius 1 is 1.02 bits per heavy atom. The molecule has 2 amide bonds. The molecule has 0 unspecified atom stereocenters. The van der Waals surface area contributed by atoms with E-state index in [1.165, 1.54) is 39.9 Å². The number of carboxylic acids is 1. The summed E-state index contributed by atoms with van der Waals surface area (Å²) in [6, 6.07) is 16.4. The second-order valence-electron chi connectivity index (χ2n) is 10.2. The number of rotatable bonds is 8. The van der Waals surface area contributed by atoms with Crippen LogP contribution in [0.3, 0.4) is 0 Å². The fraction of sp³-hybridized carbons (Fsp3) is 0.188. The lowest BCUT2D eigenvalue weighted by Crippen LogP contribution is -2.55. The standard InChI is InChI=1S/C32H26F4N4O4/c1-3-39-29-26(24(16-18(2)31(43)44)38-40(29)23-10-5-4-6-11-23)25(19-12-14-22(33)15-13-19)27(30(39)42)37-28(41)20-8-7-9-21(17-20)32(34,35)36/h4-15,17,25,27H,2-3,16H2,1H3,(H,37,41)(H,43,44)/t25-,27-/m0/s1. The lowest BCUT2D eigenvalue weighted by molar-refractivity contribution is -0.137. The normalized spacial score (nSPS) is 16.4. The van der Waals surface area contributed by atoms with Crippen LogP contribution in [0, 0.1) is 5.82 Å². The minimum absolute atomic E-state index is 0.107. The molecule has 3 aromatic carbocycles. The largest absolute Gasteiger partial charge is 0.478 e. The van der Waals surface area contributed by atoms with Gasteiger partial charge in [0.15, 0.2) is 0 Å². The van der Waals surface area contributed by atoms with Crippen LogP contribution in [0.5, 0.6) is 0 Å². The van der Waals surface area contributed by atoms with Gasteiger partial charge in [-0.05, 0) is 55.0 Å². The number of anilines is 1. The molecule has 2 atom stereocenters. The molecule has 0 fully saturated rings. The molecule has 226 valence electrons. The maximum Gasteiger partial charge on any atom is 0.416 e. The van der Waals surface area contributed by atoms with E-state index in [2.05, 4.69) is 11.9 Å². The third-order valence-corrected chi connectivity index (χ3v) is 7.37. The minimum atomic E-state index is -4.70. The minimum Gasteiger partial charge on any atom is -0.478 e. The molecule has 4 aromatic rings. The smallest absolute Gasteiger partial charge is 0.416 e. The summed E-state index contributed by atoms with van der Waals surface area (Å²) >= 11 is 0. The summed E-state index contributed by atoms with van der Waals surface area (Å²) in [4.78, 5) is 40.8. The van der Waals surface area contributed by atoms with Gasteiger partial charge in [-0.2, -0.15) is 18.3 Å². The molecule has 0 spiro atoms. The van der Waals surface area contributed by atoms with Crippen molar-refractivity contribution in [3.8, 4) is 5.69 Å². The summed E-state index contributed by atoms with van der Waals surface area (Å²) < 4.78 is 55.7. The Morgan fingerprint density at radius 3 is 2.32 bits per heavy atom. The molecule has 0 saturated heterocycles. The zero-order valence-electron chi connectivity index (χ0n) is 23.3. The molecule has 1 aromatic heterocycles. The number of amides is 2. The first-order valence-electron chi connectivity index (χ1n) is 13.5. The quantitative estimate of drug-likeness (QED) is 0.203. The van der Waals surface area contributed by atoms with Gasteiger partial charge in [0.2, 0.25) is 0 Å². The van der Waals surface area contributed by atoms with Gasteiger partial charge < -0.3 is 10.4 Å². The van der Waals surface area contributed by atoms with E-state index in [-0.39, 0.29) is 29.8 Å². The van der Waals surface area contributed by atoms with Crippen LogP contribution >= 0.6 is 0 Å². The number of nitrogens with one attached hydrogen (secondary N) is 1. The zero-order chi connectivity index (χ0) is 31.8. The number of aliphatic carboxylic acids is 1. The molecule has 5 rings (SSSR count). The summed E-state index contributed by atoms with van der Waals surface area (Å²) in [6.07, 6.45) is -4.93. The molecule has 2 heterocycles. The van der Waals surface area contributed by atoms with E-state index in [0.717, 1.165) is 12.1 Å². The molecular formula is C32H26F4N4O4. The molecular weight excluding hydrogens is 580 g/mol. The Hall–Kier alpha value is -5.26. The van der Waals surface area contributed by atoms with Crippen molar-refractivity contribution in [1.29, 1.82) is 0 Å². The molecule has 0 bridgehead atoms. The Morgan fingerprint density at radius 2 is 1.70 bits per heavy atom. The summed E-state index contributed by atoms with van der Waals surface area (Å²) in [5.74, 6) is -4.06. The maximum atomic E-state index is 14.2. The highest BCUT2D eigenvalue weighted by molar-refractivity contribution is 6.05. The third kappa shape index (κ3) is 5.70. The SMILES string of the molecule is C=C(Cc1nn(-c2ccccc2)c2c1[C@H](c1ccc(F)cc1)[C@H](NC(=O)c1cccc(C(F)(F)F)c1)C(=O)N2CC)C(=O)O. The number of hydrogen-bond donors (Lipinski definition) is 2. The topological polar surface area (TPSA) is 105 Å². The highest BCUT2D eigenvalue weighted by atomic mass is 19.4. The second-order valence-corrected chi connectivity index (χ2v) is 10.2. The van der Waals surface area contributed by atoms with Crippen molar-refractivity contribution in [2.75, 3.05) is 11.4 Å². The van der Waals surface area contributed by atoms with Crippen molar-refractivity contribution in [2.45, 2.75) is 31.5 Å². The molecule has 0 radical (unpaired) electrons. The molecule has 44 heavy (non-hydrogen) atoms. The number of likely N-dealkylation sites (N-methyl/N-ethyl adjacent to an activating group) is 1. The fourth-order valence-electron chi connectivity index (χ4n) is 5.32. The van der Waals surface area contributed by atoms with Gasteiger partial charge in [-0.3, -0.25) is 14.5 Å². The Bertz CT molecular complexity index is 1750. The van der Waals surface area contributed by atoms with E-state index in [1.54, 1.807) is 37.3 Å². The summed E-state index contributed by atoms with van der Waals surface area (Å²) in [7, 11) is 0. The first-order chi connectivity index (χ1) is 20.9. The van der Waals surface area contributed by atoms with Crippen LogP contribution in [0.15, 0.2) is 91.0 Å². The van der Waals surface area contributed by atoms with Crippen molar-refractivity contribution < 1.29 is 37.1 Å². The van der Waals surface area contributed by atoms with Gasteiger partial charge in [0.1, 0.15) is 17.7 Å². The predicted molar refractivity (Wildman–Crippen MR) is 153 cm³/mol. The second kappa shape index (κ2) is 11.8. The molecule has 2 N–H and O–H groups in total. The highest BCUT2D eigenvalue weighted by Crippen LogP contribution is 2.44. The Labute approximate surface area is 249 Å². The van der Waals surface area contributed by atoms with E-state index in [9.17, 15) is 37.1 Å². The number of alkyl halides is 3. The number of benzene rings is 3. The van der Waals surface area contributed by atoms with Gasteiger partial charge >= 0.3 is 12.1 Å². The number of aromatic nitrogens is 2. The molecule has 0 aliphatic carbocycles. The number of nitrogens with zero attached hydrogens (tertiary/aromatic N) is 3. The third-order valence-electron chi connectivity index (χ3n) is 7.37. The van der Waals surface area contributed by atoms with Crippen molar-refractivity contribution >= 4 is 23.6 Å². The van der Waals surface area contributed by atoms with Crippen LogP contribution < -0.4 is 10.2 Å². The van der Waals surface area contributed by atoms with Gasteiger partial charge in [0.25, 0.3) is 11.8 Å². The predicted octanol–water partition coefficient (Wildman–Crippen LogP) is 5.51. The van der Waals surface area contributed by atoms with E-state index < -0.39 is 47.3 Å². The number of carboxylic acid groups (broad SMARTS) is 1. The molecule has 0 saturated carbocycles. The van der Waals surface area contributed by atoms with E-state index in [1.807, 2.05) is 0 Å². The van der Waals surface area contributed by atoms with Gasteiger partial charge in [0, 0.05) is 35.6 Å². The van der Waals surface area contributed by atoms with Gasteiger partial charge in [-0.15, -0.1) is 0 Å². The first-order valence-corrected chi connectivity index (χ1v) is 13.5. The van der Waals surface area contributed by atoms with E-state index >= 15 is 0 Å². The number of carbonyl (C=O) groups excluding carboxylic acids is 2. The lowest BCUT2D eigenvalue weighted by Gasteiger charge is -2.38. The Kier molecular flexibility index (Phi) is 8.09. The molecule has 1 aliphatic heterocycles. The van der Waals surface area contributed by atoms with E-state index in [0.29, 0.717) is 28.7 Å². The summed E-state index contributed by atoms with van der Waals surface area (Å²) in [5, 5.41) is 16.9. The molecule has 12 heteroatoms. The zero-order valence-corrected chi connectivity index (χ0v) is 23.3. The number of hydrogen-bond acceptors (Lipinski definition) is 4. The van der Waals surface area contributed by atoms with Gasteiger partial charge in [-0.25, -0.2) is 13.9 Å².